The number of halogens is 1. The van der Waals surface area contributed by atoms with Gasteiger partial charge in [-0.1, -0.05) is 11.6 Å². The first kappa shape index (κ1) is 11.0. The van der Waals surface area contributed by atoms with E-state index in [0.717, 1.165) is 22.4 Å². The lowest BCUT2D eigenvalue weighted by molar-refractivity contribution is 0.402. The standard InChI is InChI=1S/C13H10ClN3O/c1-18-13-11-10(6-7-15-13)16-12(17-11)8-2-4-9(14)5-3-8/h2-7H,1H3,(H,16,17). The first-order valence-corrected chi connectivity index (χ1v) is 5.80. The van der Waals surface area contributed by atoms with Crippen LogP contribution in [0.2, 0.25) is 5.02 Å². The fraction of sp³-hybridized carbons (Fsp3) is 0.0769. The summed E-state index contributed by atoms with van der Waals surface area (Å²) in [4.78, 5) is 11.8. The van der Waals surface area contributed by atoms with Crippen LogP contribution in [0.1, 0.15) is 0 Å². The molecule has 5 heteroatoms. The highest BCUT2D eigenvalue weighted by molar-refractivity contribution is 6.30. The Morgan fingerprint density at radius 3 is 2.67 bits per heavy atom. The van der Waals surface area contributed by atoms with Crippen LogP contribution in [0.3, 0.4) is 0 Å². The normalized spacial score (nSPS) is 10.8. The largest absolute Gasteiger partial charge is 0.479 e. The Labute approximate surface area is 109 Å². The van der Waals surface area contributed by atoms with Crippen LogP contribution in [0.5, 0.6) is 5.88 Å². The number of H-pyrrole nitrogens is 1. The molecule has 0 atom stereocenters. The van der Waals surface area contributed by atoms with Gasteiger partial charge in [-0.25, -0.2) is 9.97 Å². The van der Waals surface area contributed by atoms with E-state index in [1.54, 1.807) is 13.3 Å². The monoisotopic (exact) mass is 259 g/mol. The number of benzene rings is 1. The molecule has 4 nitrogen and oxygen atoms in total. The summed E-state index contributed by atoms with van der Waals surface area (Å²) >= 11 is 5.86. The van der Waals surface area contributed by atoms with Crippen molar-refractivity contribution in [1.82, 2.24) is 15.0 Å². The molecule has 0 amide bonds. The smallest absolute Gasteiger partial charge is 0.241 e. The molecule has 90 valence electrons. The summed E-state index contributed by atoms with van der Waals surface area (Å²) in [5.41, 5.74) is 2.59. The number of aromatic nitrogens is 3. The second kappa shape index (κ2) is 4.31. The fourth-order valence-corrected chi connectivity index (χ4v) is 1.93. The molecule has 0 fully saturated rings. The van der Waals surface area contributed by atoms with Gasteiger partial charge in [0.05, 0.1) is 12.6 Å². The molecule has 0 unspecified atom stereocenters. The first-order chi connectivity index (χ1) is 8.78. The maximum absolute atomic E-state index is 5.86. The zero-order valence-corrected chi connectivity index (χ0v) is 10.4. The van der Waals surface area contributed by atoms with Crippen molar-refractivity contribution in [2.45, 2.75) is 0 Å². The lowest BCUT2D eigenvalue weighted by Crippen LogP contribution is -1.87. The van der Waals surface area contributed by atoms with Gasteiger partial charge in [0.1, 0.15) is 5.82 Å². The van der Waals surface area contributed by atoms with Crippen molar-refractivity contribution in [3.05, 3.63) is 41.6 Å². The van der Waals surface area contributed by atoms with Gasteiger partial charge in [-0.2, -0.15) is 0 Å². The van der Waals surface area contributed by atoms with Crippen LogP contribution in [-0.2, 0) is 0 Å². The Morgan fingerprint density at radius 1 is 1.17 bits per heavy atom. The van der Waals surface area contributed by atoms with Gasteiger partial charge in [-0.3, -0.25) is 0 Å². The third-order valence-corrected chi connectivity index (χ3v) is 2.93. The summed E-state index contributed by atoms with van der Waals surface area (Å²) in [6.07, 6.45) is 1.69. The minimum Gasteiger partial charge on any atom is -0.479 e. The van der Waals surface area contributed by atoms with Gasteiger partial charge >= 0.3 is 0 Å². The topological polar surface area (TPSA) is 50.8 Å². The van der Waals surface area contributed by atoms with E-state index in [9.17, 15) is 0 Å². The SMILES string of the molecule is COc1nccc2[nH]c(-c3ccc(Cl)cc3)nc12. The maximum Gasteiger partial charge on any atom is 0.241 e. The number of pyridine rings is 1. The second-order valence-electron chi connectivity index (χ2n) is 3.81. The second-order valence-corrected chi connectivity index (χ2v) is 4.25. The van der Waals surface area contributed by atoms with E-state index in [1.165, 1.54) is 0 Å². The van der Waals surface area contributed by atoms with E-state index in [2.05, 4.69) is 15.0 Å². The number of rotatable bonds is 2. The lowest BCUT2D eigenvalue weighted by Gasteiger charge is -1.96. The van der Waals surface area contributed by atoms with Gasteiger partial charge in [0.25, 0.3) is 0 Å². The predicted molar refractivity (Wildman–Crippen MR) is 70.9 cm³/mol. The minimum absolute atomic E-state index is 0.518. The Kier molecular flexibility index (Phi) is 2.64. The lowest BCUT2D eigenvalue weighted by atomic mass is 10.2. The summed E-state index contributed by atoms with van der Waals surface area (Å²) in [6, 6.07) is 9.36. The number of fused-ring (bicyclic) bond motifs is 1. The van der Waals surface area contributed by atoms with Gasteiger partial charge in [0.15, 0.2) is 5.52 Å². The van der Waals surface area contributed by atoms with Crippen molar-refractivity contribution in [3.63, 3.8) is 0 Å². The fourth-order valence-electron chi connectivity index (χ4n) is 1.80. The molecule has 0 saturated carbocycles. The molecular formula is C13H10ClN3O. The molecule has 0 aliphatic heterocycles. The molecule has 2 heterocycles. The summed E-state index contributed by atoms with van der Waals surface area (Å²) in [5.74, 6) is 1.29. The number of nitrogens with zero attached hydrogens (tertiary/aromatic N) is 2. The molecular weight excluding hydrogens is 250 g/mol. The summed E-state index contributed by atoms with van der Waals surface area (Å²) in [7, 11) is 1.58. The summed E-state index contributed by atoms with van der Waals surface area (Å²) in [5, 5.41) is 0.703. The van der Waals surface area contributed by atoms with Crippen LogP contribution in [0.15, 0.2) is 36.5 Å². The molecule has 3 rings (SSSR count). The molecule has 1 aromatic carbocycles. The molecule has 0 bridgehead atoms. The number of hydrogen-bond acceptors (Lipinski definition) is 3. The molecule has 3 aromatic rings. The molecule has 0 aliphatic carbocycles. The van der Waals surface area contributed by atoms with Crippen molar-refractivity contribution in [2.24, 2.45) is 0 Å². The van der Waals surface area contributed by atoms with E-state index >= 15 is 0 Å². The van der Waals surface area contributed by atoms with Crippen LogP contribution in [0, 0.1) is 0 Å². The number of hydrogen-bond donors (Lipinski definition) is 1. The van der Waals surface area contributed by atoms with Crippen molar-refractivity contribution in [3.8, 4) is 17.3 Å². The van der Waals surface area contributed by atoms with Gasteiger partial charge in [0, 0.05) is 16.8 Å². The van der Waals surface area contributed by atoms with Crippen molar-refractivity contribution in [2.75, 3.05) is 7.11 Å². The molecule has 1 N–H and O–H groups in total. The molecule has 2 aromatic heterocycles. The summed E-state index contributed by atoms with van der Waals surface area (Å²) in [6.45, 7) is 0. The third-order valence-electron chi connectivity index (χ3n) is 2.68. The summed E-state index contributed by atoms with van der Waals surface area (Å²) < 4.78 is 5.18. The van der Waals surface area contributed by atoms with Gasteiger partial charge in [0.2, 0.25) is 5.88 Å². The quantitative estimate of drug-likeness (QED) is 0.768. The minimum atomic E-state index is 0.518. The van der Waals surface area contributed by atoms with E-state index in [4.69, 9.17) is 16.3 Å². The number of imidazole rings is 1. The van der Waals surface area contributed by atoms with Crippen LogP contribution >= 0.6 is 11.6 Å². The van der Waals surface area contributed by atoms with E-state index in [0.29, 0.717) is 10.9 Å². The average Bonchev–Trinajstić information content (AvgIpc) is 2.83. The Hall–Kier alpha value is -2.07. The Morgan fingerprint density at radius 2 is 1.94 bits per heavy atom. The Balaban J connectivity index is 2.16. The van der Waals surface area contributed by atoms with Gasteiger partial charge < -0.3 is 9.72 Å². The zero-order valence-electron chi connectivity index (χ0n) is 9.64. The number of ether oxygens (including phenoxy) is 1. The average molecular weight is 260 g/mol. The molecule has 0 saturated heterocycles. The highest BCUT2D eigenvalue weighted by Gasteiger charge is 2.09. The molecule has 0 spiro atoms. The first-order valence-electron chi connectivity index (χ1n) is 5.42. The van der Waals surface area contributed by atoms with Crippen LogP contribution in [0.25, 0.3) is 22.4 Å². The molecule has 18 heavy (non-hydrogen) atoms. The van der Waals surface area contributed by atoms with E-state index in [1.807, 2.05) is 30.3 Å². The molecule has 0 radical (unpaired) electrons. The highest BCUT2D eigenvalue weighted by Crippen LogP contribution is 2.25. The van der Waals surface area contributed by atoms with Gasteiger partial charge in [-0.15, -0.1) is 0 Å². The van der Waals surface area contributed by atoms with Crippen LogP contribution < -0.4 is 4.74 Å². The third kappa shape index (κ3) is 1.80. The molecule has 0 aliphatic rings. The van der Waals surface area contributed by atoms with Crippen molar-refractivity contribution >= 4 is 22.6 Å². The van der Waals surface area contributed by atoms with Crippen LogP contribution in [0.4, 0.5) is 0 Å². The number of aromatic amines is 1. The van der Waals surface area contributed by atoms with Crippen LogP contribution in [-0.4, -0.2) is 22.1 Å². The predicted octanol–water partition coefficient (Wildman–Crippen LogP) is 3.29. The van der Waals surface area contributed by atoms with Crippen molar-refractivity contribution < 1.29 is 4.74 Å². The zero-order chi connectivity index (χ0) is 12.5. The Bertz CT molecular complexity index is 691. The number of methoxy groups -OCH3 is 1. The van der Waals surface area contributed by atoms with Crippen molar-refractivity contribution in [1.29, 1.82) is 0 Å². The highest BCUT2D eigenvalue weighted by atomic mass is 35.5. The van der Waals surface area contributed by atoms with E-state index in [-0.39, 0.29) is 0 Å². The maximum atomic E-state index is 5.86. The van der Waals surface area contributed by atoms with E-state index < -0.39 is 0 Å². The number of nitrogens with one attached hydrogen (secondary N) is 1. The van der Waals surface area contributed by atoms with Gasteiger partial charge in [-0.05, 0) is 30.3 Å².